The number of aliphatic hydroxyl groups excluding tert-OH is 2. The third-order valence-electron chi connectivity index (χ3n) is 4.00. The first kappa shape index (κ1) is 21.8. The van der Waals surface area contributed by atoms with Gasteiger partial charge < -0.3 is 25.5 Å². The van der Waals surface area contributed by atoms with Crippen LogP contribution in [0.3, 0.4) is 0 Å². The van der Waals surface area contributed by atoms with Crippen LogP contribution in [0.15, 0.2) is 18.2 Å². The molecule has 0 heterocycles. The molecule has 0 unspecified atom stereocenters. The van der Waals surface area contributed by atoms with E-state index in [1.54, 1.807) is 12.1 Å². The van der Waals surface area contributed by atoms with Crippen molar-refractivity contribution in [1.82, 2.24) is 10.6 Å². The van der Waals surface area contributed by atoms with Crippen LogP contribution in [0.5, 0.6) is 5.75 Å². The van der Waals surface area contributed by atoms with Gasteiger partial charge in [-0.1, -0.05) is 38.7 Å². The molecular weight excluding hydrogens is 324 g/mol. The van der Waals surface area contributed by atoms with Gasteiger partial charge in [0.15, 0.2) is 12.6 Å². The van der Waals surface area contributed by atoms with Crippen molar-refractivity contribution in [2.24, 2.45) is 0 Å². The summed E-state index contributed by atoms with van der Waals surface area (Å²) in [6.45, 7) is 1.99. The lowest BCUT2D eigenvalue weighted by atomic mass is 9.98. The van der Waals surface area contributed by atoms with Gasteiger partial charge in [0.2, 0.25) is 0 Å². The van der Waals surface area contributed by atoms with Crippen LogP contribution in [0.1, 0.15) is 56.3 Å². The minimum Gasteiger partial charge on any atom is -0.508 e. The smallest absolute Gasteiger partial charge is 0.164 e. The molecule has 0 spiro atoms. The molecule has 0 fully saturated rings. The average molecular weight is 356 g/mol. The van der Waals surface area contributed by atoms with E-state index in [-0.39, 0.29) is 18.8 Å². The minimum absolute atomic E-state index is 0.0925. The number of aryl methyl sites for hydroxylation is 1. The van der Waals surface area contributed by atoms with Crippen molar-refractivity contribution >= 4 is 0 Å². The maximum Gasteiger partial charge on any atom is 0.164 e. The Morgan fingerprint density at radius 2 is 1.48 bits per heavy atom. The lowest BCUT2D eigenvalue weighted by Crippen LogP contribution is -2.41. The highest BCUT2D eigenvalue weighted by atomic mass is 16.5. The molecule has 25 heavy (non-hydrogen) atoms. The molecule has 0 bridgehead atoms. The second-order valence-corrected chi connectivity index (χ2v) is 6.26. The Hall–Kier alpha value is -1.22. The van der Waals surface area contributed by atoms with Gasteiger partial charge in [0.05, 0.1) is 6.17 Å². The maximum absolute atomic E-state index is 9.83. The quantitative estimate of drug-likeness (QED) is 0.205. The number of unbranched alkanes of at least 4 members (excludes halogenated alkanes) is 4. The second kappa shape index (κ2) is 12.2. The molecule has 144 valence electrons. The second-order valence-electron chi connectivity index (χ2n) is 6.26. The number of phenols is 1. The summed E-state index contributed by atoms with van der Waals surface area (Å²) in [5.74, 6) is 0.104. The molecule has 0 aliphatic rings. The Morgan fingerprint density at radius 1 is 0.880 bits per heavy atom. The molecule has 0 aliphatic carbocycles. The number of nitrogens with one attached hydrogen (secondary N) is 2. The van der Waals surface area contributed by atoms with Crippen LogP contribution >= 0.6 is 0 Å². The Labute approximate surface area is 149 Å². The highest BCUT2D eigenvalue weighted by Crippen LogP contribution is 2.24. The van der Waals surface area contributed by atoms with Crippen LogP contribution in [0.4, 0.5) is 0 Å². The van der Waals surface area contributed by atoms with E-state index >= 15 is 0 Å². The van der Waals surface area contributed by atoms with E-state index < -0.39 is 18.7 Å². The molecule has 7 N–H and O–H groups in total. The van der Waals surface area contributed by atoms with Gasteiger partial charge in [-0.2, -0.15) is 0 Å². The average Bonchev–Trinajstić information content (AvgIpc) is 2.55. The fourth-order valence-electron chi connectivity index (χ4n) is 2.74. The van der Waals surface area contributed by atoms with Crippen LogP contribution in [0.25, 0.3) is 0 Å². The van der Waals surface area contributed by atoms with E-state index in [0.717, 1.165) is 30.4 Å². The van der Waals surface area contributed by atoms with Crippen molar-refractivity contribution in [2.75, 3.05) is 13.1 Å². The van der Waals surface area contributed by atoms with Crippen LogP contribution in [-0.4, -0.2) is 51.2 Å². The molecule has 0 radical (unpaired) electrons. The normalized spacial score (nSPS) is 11.8. The fourth-order valence-corrected chi connectivity index (χ4v) is 2.74. The fraction of sp³-hybridized carbons (Fsp3) is 0.667. The topological polar surface area (TPSA) is 125 Å². The Morgan fingerprint density at radius 3 is 2.04 bits per heavy atom. The number of hydrogen-bond donors (Lipinski definition) is 7. The molecular formula is C18H32N2O5. The summed E-state index contributed by atoms with van der Waals surface area (Å²) in [5, 5.41) is 52.0. The minimum atomic E-state index is -1.53. The number of aliphatic hydroxyl groups is 4. The summed E-state index contributed by atoms with van der Waals surface area (Å²) < 4.78 is 0. The zero-order valence-corrected chi connectivity index (χ0v) is 14.9. The molecule has 1 aromatic rings. The molecule has 0 atom stereocenters. The lowest BCUT2D eigenvalue weighted by Gasteiger charge is -2.24. The summed E-state index contributed by atoms with van der Waals surface area (Å²) in [4.78, 5) is 0. The molecule has 0 saturated heterocycles. The third kappa shape index (κ3) is 9.15. The van der Waals surface area contributed by atoms with Crippen LogP contribution < -0.4 is 10.6 Å². The molecule has 7 nitrogen and oxygen atoms in total. The van der Waals surface area contributed by atoms with Crippen molar-refractivity contribution < 1.29 is 25.5 Å². The van der Waals surface area contributed by atoms with E-state index in [9.17, 15) is 5.11 Å². The maximum atomic E-state index is 9.83. The lowest BCUT2D eigenvalue weighted by molar-refractivity contribution is -0.0463. The van der Waals surface area contributed by atoms with Gasteiger partial charge in [0, 0.05) is 13.1 Å². The number of aromatic hydroxyl groups is 1. The van der Waals surface area contributed by atoms with Crippen molar-refractivity contribution in [1.29, 1.82) is 0 Å². The van der Waals surface area contributed by atoms with Gasteiger partial charge in [-0.25, -0.2) is 0 Å². The molecule has 1 aromatic carbocycles. The van der Waals surface area contributed by atoms with Crippen molar-refractivity contribution in [3.63, 3.8) is 0 Å². The van der Waals surface area contributed by atoms with E-state index in [2.05, 4.69) is 17.6 Å². The summed E-state index contributed by atoms with van der Waals surface area (Å²) >= 11 is 0. The van der Waals surface area contributed by atoms with Crippen LogP contribution in [0.2, 0.25) is 0 Å². The van der Waals surface area contributed by atoms with Gasteiger partial charge >= 0.3 is 0 Å². The SMILES string of the molecule is CCCCCCCc1ccc(O)cc1C(NCC(O)O)NCC(O)O. The molecule has 0 saturated carbocycles. The van der Waals surface area contributed by atoms with Crippen molar-refractivity contribution in [3.05, 3.63) is 29.3 Å². The molecule has 7 heteroatoms. The molecule has 1 rings (SSSR count). The Balaban J connectivity index is 2.83. The van der Waals surface area contributed by atoms with Gasteiger partial charge in [0.1, 0.15) is 5.75 Å². The van der Waals surface area contributed by atoms with Crippen LogP contribution in [-0.2, 0) is 6.42 Å². The standard InChI is InChI=1S/C18H32N2O5/c1-2-3-4-5-6-7-13-8-9-14(21)10-15(13)18(19-11-16(22)23)20-12-17(24)25/h8-10,16-25H,2-7,11-12H2,1H3. The first-order valence-corrected chi connectivity index (χ1v) is 8.94. The predicted molar refractivity (Wildman–Crippen MR) is 95.8 cm³/mol. The highest BCUT2D eigenvalue weighted by Gasteiger charge is 2.17. The molecule has 0 amide bonds. The van der Waals surface area contributed by atoms with E-state index in [4.69, 9.17) is 20.4 Å². The zero-order chi connectivity index (χ0) is 18.7. The summed E-state index contributed by atoms with van der Waals surface area (Å²) in [6.07, 6.45) is 2.99. The monoisotopic (exact) mass is 356 g/mol. The van der Waals surface area contributed by atoms with Gasteiger partial charge in [0.25, 0.3) is 0 Å². The molecule has 0 aromatic heterocycles. The Kier molecular flexibility index (Phi) is 10.6. The summed E-state index contributed by atoms with van der Waals surface area (Å²) in [7, 11) is 0. The Bertz CT molecular complexity index is 471. The largest absolute Gasteiger partial charge is 0.508 e. The van der Waals surface area contributed by atoms with Crippen molar-refractivity contribution in [3.8, 4) is 5.75 Å². The number of hydrogen-bond acceptors (Lipinski definition) is 7. The highest BCUT2D eigenvalue weighted by molar-refractivity contribution is 5.37. The number of phenolic OH excluding ortho intramolecular Hbond substituents is 1. The summed E-state index contributed by atoms with van der Waals surface area (Å²) in [5.41, 5.74) is 1.79. The summed E-state index contributed by atoms with van der Waals surface area (Å²) in [6, 6.07) is 5.09. The zero-order valence-electron chi connectivity index (χ0n) is 14.9. The van der Waals surface area contributed by atoms with E-state index in [1.165, 1.54) is 19.3 Å². The van der Waals surface area contributed by atoms with Crippen LogP contribution in [0, 0.1) is 0 Å². The van der Waals surface area contributed by atoms with Gasteiger partial charge in [-0.3, -0.25) is 10.6 Å². The molecule has 0 aliphatic heterocycles. The van der Waals surface area contributed by atoms with Crippen molar-refractivity contribution in [2.45, 2.75) is 64.2 Å². The van der Waals surface area contributed by atoms with Gasteiger partial charge in [-0.15, -0.1) is 0 Å². The van der Waals surface area contributed by atoms with Gasteiger partial charge in [-0.05, 0) is 36.1 Å². The number of rotatable bonds is 13. The first-order valence-electron chi connectivity index (χ1n) is 8.94. The number of benzene rings is 1. The predicted octanol–water partition coefficient (Wildman–Crippen LogP) is 0.704. The first-order chi connectivity index (χ1) is 11.9. The van der Waals surface area contributed by atoms with E-state index in [0.29, 0.717) is 0 Å². The third-order valence-corrected chi connectivity index (χ3v) is 4.00. The van der Waals surface area contributed by atoms with E-state index in [1.807, 2.05) is 6.07 Å².